The number of carbonyl (C=O) groups is 2. The van der Waals surface area contributed by atoms with Crippen LogP contribution < -0.4 is 15.4 Å². The molecule has 1 aliphatic carbocycles. The number of rotatable bonds is 8. The largest absolute Gasteiger partial charge is 0.344 e. The maximum atomic E-state index is 13.6. The summed E-state index contributed by atoms with van der Waals surface area (Å²) in [7, 11) is 0. The van der Waals surface area contributed by atoms with Crippen molar-refractivity contribution in [1.82, 2.24) is 10.0 Å². The van der Waals surface area contributed by atoms with Crippen molar-refractivity contribution in [1.29, 1.82) is 0 Å². The summed E-state index contributed by atoms with van der Waals surface area (Å²) in [6.45, 7) is 6.39. The number of nitrogens with one attached hydrogen (secondary N) is 3. The number of benzene rings is 3. The van der Waals surface area contributed by atoms with Crippen LogP contribution in [0.5, 0.6) is 0 Å². The summed E-state index contributed by atoms with van der Waals surface area (Å²) in [4.78, 5) is 27.7. The summed E-state index contributed by atoms with van der Waals surface area (Å²) < 4.78 is 3.47. The number of anilines is 1. The molecule has 0 unspecified atom stereocenters. The number of hydrogen-bond acceptors (Lipinski definition) is 4. The molecule has 1 aliphatic rings. The molecule has 0 aliphatic heterocycles. The minimum atomic E-state index is -0.641. The number of carbonyl (C=O) groups excluding carboxylic acids is 2. The molecule has 0 heterocycles. The molecule has 1 fully saturated rings. The van der Waals surface area contributed by atoms with Gasteiger partial charge in [0.2, 0.25) is 11.8 Å². The van der Waals surface area contributed by atoms with Crippen LogP contribution in [-0.2, 0) is 16.0 Å². The summed E-state index contributed by atoms with van der Waals surface area (Å²) >= 11 is 1.60. The molecule has 0 aromatic heterocycles. The summed E-state index contributed by atoms with van der Waals surface area (Å²) in [5.74, 6) is -0.200. The molecule has 1 atom stereocenters. The quantitative estimate of drug-likeness (QED) is 0.308. The van der Waals surface area contributed by atoms with Crippen LogP contribution in [0.3, 0.4) is 0 Å². The average molecular weight is 504 g/mol. The zero-order valence-corrected chi connectivity index (χ0v) is 22.3. The van der Waals surface area contributed by atoms with Gasteiger partial charge in [0.25, 0.3) is 0 Å². The van der Waals surface area contributed by atoms with Gasteiger partial charge in [0.1, 0.15) is 6.04 Å². The lowest BCUT2D eigenvalue weighted by Gasteiger charge is -2.25. The number of amides is 2. The van der Waals surface area contributed by atoms with Crippen LogP contribution >= 0.6 is 11.9 Å². The van der Waals surface area contributed by atoms with Gasteiger partial charge in [0, 0.05) is 33.8 Å². The first kappa shape index (κ1) is 26.2. The topological polar surface area (TPSA) is 70.2 Å². The standard InChI is InChI=1S/C30H37N3O2S/c1-30(2,3)33-36-27-19-11-16-23-24(27)17-10-18-25(23)31-29(35)26(20-21-12-6-4-7-13-21)32-28(34)22-14-8-5-9-15-22/h4,6-7,10-13,16-19,22,26,33H,5,8-9,14-15,20H2,1-3H3,(H,31,35)(H,32,34)/t26-/m0/s1. The van der Waals surface area contributed by atoms with Crippen molar-refractivity contribution in [2.45, 2.75) is 75.8 Å². The zero-order chi connectivity index (χ0) is 25.5. The Morgan fingerprint density at radius 3 is 2.31 bits per heavy atom. The summed E-state index contributed by atoms with van der Waals surface area (Å²) in [6.07, 6.45) is 5.59. The second-order valence-electron chi connectivity index (χ2n) is 10.7. The Labute approximate surface area is 219 Å². The van der Waals surface area contributed by atoms with Gasteiger partial charge >= 0.3 is 0 Å². The van der Waals surface area contributed by atoms with E-state index in [-0.39, 0.29) is 23.3 Å². The van der Waals surface area contributed by atoms with Gasteiger partial charge in [0.15, 0.2) is 0 Å². The molecule has 3 aromatic carbocycles. The molecule has 0 radical (unpaired) electrons. The van der Waals surface area contributed by atoms with Gasteiger partial charge in [-0.2, -0.15) is 0 Å². The van der Waals surface area contributed by atoms with E-state index in [1.165, 1.54) is 6.42 Å². The molecule has 0 spiro atoms. The second kappa shape index (κ2) is 11.9. The smallest absolute Gasteiger partial charge is 0.247 e. The molecule has 0 saturated heterocycles. The molecule has 190 valence electrons. The summed E-state index contributed by atoms with van der Waals surface area (Å²) in [6, 6.07) is 21.3. The van der Waals surface area contributed by atoms with E-state index in [2.05, 4.69) is 48.3 Å². The van der Waals surface area contributed by atoms with Crippen molar-refractivity contribution in [3.63, 3.8) is 0 Å². The number of fused-ring (bicyclic) bond motifs is 1. The molecule has 36 heavy (non-hydrogen) atoms. The Morgan fingerprint density at radius 1 is 0.889 bits per heavy atom. The molecule has 6 heteroatoms. The van der Waals surface area contributed by atoms with Crippen LogP contribution in [0.1, 0.15) is 58.4 Å². The third-order valence-corrected chi connectivity index (χ3v) is 7.79. The fourth-order valence-corrected chi connectivity index (χ4v) is 5.47. The van der Waals surface area contributed by atoms with Crippen molar-refractivity contribution < 1.29 is 9.59 Å². The molecule has 3 N–H and O–H groups in total. The van der Waals surface area contributed by atoms with E-state index in [0.717, 1.165) is 52.6 Å². The second-order valence-corrected chi connectivity index (χ2v) is 11.5. The highest BCUT2D eigenvalue weighted by molar-refractivity contribution is 7.97. The van der Waals surface area contributed by atoms with Crippen LogP contribution in [-0.4, -0.2) is 23.4 Å². The molecule has 1 saturated carbocycles. The van der Waals surface area contributed by atoms with Crippen LogP contribution in [0.4, 0.5) is 5.69 Å². The van der Waals surface area contributed by atoms with Gasteiger partial charge in [-0.05, 0) is 68.6 Å². The minimum absolute atomic E-state index is 0.00252. The van der Waals surface area contributed by atoms with E-state index in [1.54, 1.807) is 11.9 Å². The van der Waals surface area contributed by atoms with Crippen molar-refractivity contribution in [3.05, 3.63) is 72.3 Å². The highest BCUT2D eigenvalue weighted by atomic mass is 32.2. The van der Waals surface area contributed by atoms with Gasteiger partial charge in [0.05, 0.1) is 0 Å². The van der Waals surface area contributed by atoms with Crippen LogP contribution in [0.25, 0.3) is 10.8 Å². The predicted octanol–water partition coefficient (Wildman–Crippen LogP) is 6.48. The van der Waals surface area contributed by atoms with Crippen molar-refractivity contribution in [2.24, 2.45) is 5.92 Å². The van der Waals surface area contributed by atoms with Crippen molar-refractivity contribution >= 4 is 40.2 Å². The maximum Gasteiger partial charge on any atom is 0.247 e. The van der Waals surface area contributed by atoms with E-state index < -0.39 is 6.04 Å². The lowest BCUT2D eigenvalue weighted by Crippen LogP contribution is -2.47. The summed E-state index contributed by atoms with van der Waals surface area (Å²) in [5, 5.41) is 8.26. The van der Waals surface area contributed by atoms with Crippen LogP contribution in [0, 0.1) is 5.92 Å². The van der Waals surface area contributed by atoms with E-state index in [1.807, 2.05) is 54.6 Å². The van der Waals surface area contributed by atoms with Crippen LogP contribution in [0.15, 0.2) is 71.6 Å². The lowest BCUT2D eigenvalue weighted by atomic mass is 9.88. The average Bonchev–Trinajstić information content (AvgIpc) is 2.88. The monoisotopic (exact) mass is 503 g/mol. The molecule has 0 bridgehead atoms. The van der Waals surface area contributed by atoms with Gasteiger partial charge in [-0.15, -0.1) is 0 Å². The Bertz CT molecular complexity index is 1180. The van der Waals surface area contributed by atoms with Gasteiger partial charge < -0.3 is 10.6 Å². The molecule has 5 nitrogen and oxygen atoms in total. The van der Waals surface area contributed by atoms with E-state index in [4.69, 9.17) is 0 Å². The minimum Gasteiger partial charge on any atom is -0.344 e. The predicted molar refractivity (Wildman–Crippen MR) is 150 cm³/mol. The van der Waals surface area contributed by atoms with E-state index in [9.17, 15) is 9.59 Å². The number of hydrogen-bond donors (Lipinski definition) is 3. The van der Waals surface area contributed by atoms with Crippen molar-refractivity contribution in [2.75, 3.05) is 5.32 Å². The fraction of sp³-hybridized carbons (Fsp3) is 0.400. The van der Waals surface area contributed by atoms with Crippen LogP contribution in [0.2, 0.25) is 0 Å². The summed E-state index contributed by atoms with van der Waals surface area (Å²) in [5.41, 5.74) is 1.74. The molecule has 4 rings (SSSR count). The maximum absolute atomic E-state index is 13.6. The molecule has 2 amide bonds. The van der Waals surface area contributed by atoms with E-state index in [0.29, 0.717) is 6.42 Å². The first-order valence-electron chi connectivity index (χ1n) is 12.9. The molecular formula is C30H37N3O2S. The van der Waals surface area contributed by atoms with Gasteiger partial charge in [-0.3, -0.25) is 14.3 Å². The SMILES string of the molecule is CC(C)(C)NSc1cccc2c(NC(=O)[C@H](Cc3ccccc3)NC(=O)C3CCCCC3)cccc12. The Hall–Kier alpha value is -2.83. The third kappa shape index (κ3) is 7.11. The fourth-order valence-electron chi connectivity index (χ4n) is 4.62. The van der Waals surface area contributed by atoms with Gasteiger partial charge in [-0.25, -0.2) is 0 Å². The lowest BCUT2D eigenvalue weighted by molar-refractivity contribution is -0.130. The first-order chi connectivity index (χ1) is 17.3. The molecular weight excluding hydrogens is 466 g/mol. The van der Waals surface area contributed by atoms with Gasteiger partial charge in [-0.1, -0.05) is 73.9 Å². The highest BCUT2D eigenvalue weighted by Crippen LogP contribution is 2.32. The first-order valence-corrected chi connectivity index (χ1v) is 13.7. The van der Waals surface area contributed by atoms with E-state index >= 15 is 0 Å². The third-order valence-electron chi connectivity index (χ3n) is 6.50. The van der Waals surface area contributed by atoms with Crippen molar-refractivity contribution in [3.8, 4) is 0 Å². The normalized spacial score (nSPS) is 15.4. The Kier molecular flexibility index (Phi) is 8.70. The molecule has 3 aromatic rings. The zero-order valence-electron chi connectivity index (χ0n) is 21.5. The Morgan fingerprint density at radius 2 is 1.58 bits per heavy atom. The Balaban J connectivity index is 1.56. The highest BCUT2D eigenvalue weighted by Gasteiger charge is 2.27.